The molecule has 11 heavy (non-hydrogen) atoms. The highest BCUT2D eigenvalue weighted by atomic mass is 32.1. The van der Waals surface area contributed by atoms with Crippen molar-refractivity contribution in [2.45, 2.75) is 0 Å². The Kier molecular flexibility index (Phi) is 2.49. The quantitative estimate of drug-likeness (QED) is 0.609. The number of hydrogen-bond donors (Lipinski definition) is 2. The van der Waals surface area contributed by atoms with Gasteiger partial charge in [-0.3, -0.25) is 0 Å². The Morgan fingerprint density at radius 2 is 2.27 bits per heavy atom. The van der Waals surface area contributed by atoms with Gasteiger partial charge in [0.25, 0.3) is 0 Å². The van der Waals surface area contributed by atoms with Crippen LogP contribution in [0.3, 0.4) is 0 Å². The average molecular weight is 169 g/mol. The molecule has 4 nitrogen and oxygen atoms in total. The van der Waals surface area contributed by atoms with Gasteiger partial charge in [0, 0.05) is 0 Å². The standard InChI is InChI=1S/C5H4BNO3S/c7-3-4-1-2-5(11-4)10-6(8)9/h1-2,8-9H. The van der Waals surface area contributed by atoms with Crippen molar-refractivity contribution in [3.05, 3.63) is 17.0 Å². The SMILES string of the molecule is N#Cc1ccc(OB(O)O)s1. The van der Waals surface area contributed by atoms with Gasteiger partial charge in [-0.2, -0.15) is 5.26 Å². The molecule has 1 rings (SSSR count). The normalized spacial score (nSPS) is 8.82. The molecular weight excluding hydrogens is 165 g/mol. The monoisotopic (exact) mass is 169 g/mol. The fourth-order valence-corrected chi connectivity index (χ4v) is 1.22. The maximum absolute atomic E-state index is 8.36. The molecule has 1 aromatic heterocycles. The molecule has 0 unspecified atom stereocenters. The molecular formula is C5H4BNO3S. The molecule has 56 valence electrons. The van der Waals surface area contributed by atoms with Gasteiger partial charge in [0.05, 0.1) is 0 Å². The molecule has 2 N–H and O–H groups in total. The Labute approximate surface area is 67.5 Å². The molecule has 1 heterocycles. The van der Waals surface area contributed by atoms with E-state index in [4.69, 9.17) is 15.3 Å². The molecule has 0 fully saturated rings. The van der Waals surface area contributed by atoms with E-state index >= 15 is 0 Å². The van der Waals surface area contributed by atoms with E-state index in [0.29, 0.717) is 9.94 Å². The highest BCUT2D eigenvalue weighted by Gasteiger charge is 2.12. The summed E-state index contributed by atoms with van der Waals surface area (Å²) in [6.45, 7) is 0. The molecule has 0 aliphatic rings. The number of rotatable bonds is 2. The zero-order valence-electron chi connectivity index (χ0n) is 5.39. The molecule has 6 heteroatoms. The minimum absolute atomic E-state index is 0.316. The predicted octanol–water partition coefficient (Wildman–Crippen LogP) is -0.0319. The Hall–Kier alpha value is -1.03. The van der Waals surface area contributed by atoms with Crippen LogP contribution in [0.15, 0.2) is 12.1 Å². The lowest BCUT2D eigenvalue weighted by atomic mass is 10.3. The first kappa shape index (κ1) is 8.08. The zero-order chi connectivity index (χ0) is 8.27. The van der Waals surface area contributed by atoms with Gasteiger partial charge < -0.3 is 14.7 Å². The van der Waals surface area contributed by atoms with Crippen LogP contribution in [0.2, 0.25) is 0 Å². The molecule has 0 radical (unpaired) electrons. The summed E-state index contributed by atoms with van der Waals surface area (Å²) in [4.78, 5) is 0.473. The van der Waals surface area contributed by atoms with Crippen LogP contribution >= 0.6 is 11.3 Å². The fraction of sp³-hybridized carbons (Fsp3) is 0. The van der Waals surface area contributed by atoms with E-state index in [9.17, 15) is 0 Å². The van der Waals surface area contributed by atoms with Crippen LogP contribution in [-0.4, -0.2) is 17.4 Å². The van der Waals surface area contributed by atoms with Crippen molar-refractivity contribution in [2.24, 2.45) is 0 Å². The van der Waals surface area contributed by atoms with Crippen molar-refractivity contribution in [1.29, 1.82) is 5.26 Å². The van der Waals surface area contributed by atoms with Crippen LogP contribution in [0.4, 0.5) is 0 Å². The summed E-state index contributed by atoms with van der Waals surface area (Å²) < 4.78 is 4.48. The average Bonchev–Trinajstić information content (AvgIpc) is 2.34. The first-order chi connectivity index (χ1) is 5.22. The van der Waals surface area contributed by atoms with Crippen molar-refractivity contribution in [3.8, 4) is 11.1 Å². The van der Waals surface area contributed by atoms with Crippen LogP contribution in [0.1, 0.15) is 4.88 Å². The summed E-state index contributed by atoms with van der Waals surface area (Å²) in [6.07, 6.45) is 0. The Morgan fingerprint density at radius 3 is 2.73 bits per heavy atom. The number of nitrogens with zero attached hydrogens (tertiary/aromatic N) is 1. The van der Waals surface area contributed by atoms with Crippen molar-refractivity contribution in [3.63, 3.8) is 0 Å². The lowest BCUT2D eigenvalue weighted by Gasteiger charge is -1.97. The molecule has 0 saturated carbocycles. The molecule has 0 bridgehead atoms. The second kappa shape index (κ2) is 3.39. The van der Waals surface area contributed by atoms with Gasteiger partial charge >= 0.3 is 7.32 Å². The number of hydrogen-bond acceptors (Lipinski definition) is 5. The molecule has 0 aromatic carbocycles. The van der Waals surface area contributed by atoms with Crippen molar-refractivity contribution >= 4 is 18.7 Å². The second-order valence-electron chi connectivity index (χ2n) is 1.67. The topological polar surface area (TPSA) is 73.5 Å². The lowest BCUT2D eigenvalue weighted by molar-refractivity contribution is 0.292. The summed E-state index contributed by atoms with van der Waals surface area (Å²) in [5.41, 5.74) is 0. The van der Waals surface area contributed by atoms with Gasteiger partial charge in [0.1, 0.15) is 10.9 Å². The van der Waals surface area contributed by atoms with Crippen LogP contribution in [0.5, 0.6) is 5.06 Å². The van der Waals surface area contributed by atoms with E-state index in [1.807, 2.05) is 6.07 Å². The van der Waals surface area contributed by atoms with E-state index in [2.05, 4.69) is 4.65 Å². The minimum atomic E-state index is -1.82. The van der Waals surface area contributed by atoms with Crippen LogP contribution in [0.25, 0.3) is 0 Å². The Morgan fingerprint density at radius 1 is 1.55 bits per heavy atom. The first-order valence-electron chi connectivity index (χ1n) is 2.75. The molecule has 0 spiro atoms. The van der Waals surface area contributed by atoms with Crippen LogP contribution < -0.4 is 4.65 Å². The van der Waals surface area contributed by atoms with E-state index < -0.39 is 7.32 Å². The van der Waals surface area contributed by atoms with E-state index in [0.717, 1.165) is 11.3 Å². The van der Waals surface area contributed by atoms with E-state index in [-0.39, 0.29) is 0 Å². The van der Waals surface area contributed by atoms with E-state index in [1.54, 1.807) is 6.07 Å². The molecule has 0 amide bonds. The first-order valence-corrected chi connectivity index (χ1v) is 3.57. The smallest absolute Gasteiger partial charge is 0.504 e. The molecule has 0 aliphatic carbocycles. The van der Waals surface area contributed by atoms with Gasteiger partial charge in [0.15, 0.2) is 5.06 Å². The van der Waals surface area contributed by atoms with Crippen LogP contribution in [-0.2, 0) is 0 Å². The number of nitriles is 1. The second-order valence-corrected chi connectivity index (χ2v) is 2.72. The molecule has 0 aliphatic heterocycles. The maximum atomic E-state index is 8.36. The molecule has 0 atom stereocenters. The van der Waals surface area contributed by atoms with Gasteiger partial charge in [-0.1, -0.05) is 11.3 Å². The lowest BCUT2D eigenvalue weighted by Crippen LogP contribution is -2.19. The summed E-state index contributed by atoms with van der Waals surface area (Å²) in [7, 11) is -1.82. The number of thiophene rings is 1. The third-order valence-electron chi connectivity index (χ3n) is 0.913. The summed E-state index contributed by atoms with van der Waals surface area (Å²) in [5, 5.41) is 25.4. The minimum Gasteiger partial charge on any atom is -0.504 e. The Bertz CT molecular complexity index is 280. The third-order valence-corrected chi connectivity index (χ3v) is 1.79. The maximum Gasteiger partial charge on any atom is 0.708 e. The summed E-state index contributed by atoms with van der Waals surface area (Å²) in [6, 6.07) is 4.94. The highest BCUT2D eigenvalue weighted by molar-refractivity contribution is 7.14. The largest absolute Gasteiger partial charge is 0.708 e. The summed E-state index contributed by atoms with van der Waals surface area (Å²) in [5.74, 6) is 0. The van der Waals surface area contributed by atoms with E-state index in [1.165, 1.54) is 6.07 Å². The molecule has 0 saturated heterocycles. The predicted molar refractivity (Wildman–Crippen MR) is 39.9 cm³/mol. The fourth-order valence-electron chi connectivity index (χ4n) is 0.547. The van der Waals surface area contributed by atoms with Gasteiger partial charge in [-0.25, -0.2) is 0 Å². The zero-order valence-corrected chi connectivity index (χ0v) is 6.21. The van der Waals surface area contributed by atoms with Gasteiger partial charge in [-0.15, -0.1) is 0 Å². The van der Waals surface area contributed by atoms with Crippen molar-refractivity contribution < 1.29 is 14.7 Å². The van der Waals surface area contributed by atoms with Gasteiger partial charge in [0.2, 0.25) is 0 Å². The van der Waals surface area contributed by atoms with Crippen molar-refractivity contribution in [1.82, 2.24) is 0 Å². The third kappa shape index (κ3) is 2.24. The summed E-state index contributed by atoms with van der Waals surface area (Å²) >= 11 is 1.06. The Balaban J connectivity index is 2.67. The van der Waals surface area contributed by atoms with Gasteiger partial charge in [-0.05, 0) is 12.1 Å². The molecule has 1 aromatic rings. The van der Waals surface area contributed by atoms with Crippen LogP contribution in [0, 0.1) is 11.3 Å². The van der Waals surface area contributed by atoms with Crippen molar-refractivity contribution in [2.75, 3.05) is 0 Å². The highest BCUT2D eigenvalue weighted by Crippen LogP contribution is 2.23.